The maximum Gasteiger partial charge on any atom is 0.422 e. The van der Waals surface area contributed by atoms with E-state index in [-0.39, 0.29) is 18.5 Å². The molecule has 1 heterocycles. The van der Waals surface area contributed by atoms with Gasteiger partial charge in [0.1, 0.15) is 5.75 Å². The Bertz CT molecular complexity index is 1150. The van der Waals surface area contributed by atoms with Crippen LogP contribution in [0.15, 0.2) is 51.7 Å². The number of para-hydroxylation sites is 2. The third-order valence-electron chi connectivity index (χ3n) is 4.11. The molecule has 0 atom stereocenters. The van der Waals surface area contributed by atoms with E-state index in [1.165, 1.54) is 0 Å². The zero-order chi connectivity index (χ0) is 22.8. The van der Waals surface area contributed by atoms with Gasteiger partial charge in [0.15, 0.2) is 12.2 Å². The second kappa shape index (κ2) is 8.36. The topological polar surface area (TPSA) is 73.5 Å². The first kappa shape index (κ1) is 22.2. The Labute approximate surface area is 170 Å². The number of ether oxygens (including phenoxy) is 1. The summed E-state index contributed by atoms with van der Waals surface area (Å²) in [6, 6.07) is 8.10. The number of anilines is 1. The molecule has 2 aromatic carbocycles. The number of fused-ring (bicyclic) bond motifs is 1. The Balaban J connectivity index is 1.78. The first-order valence-corrected chi connectivity index (χ1v) is 8.73. The van der Waals surface area contributed by atoms with E-state index in [4.69, 9.17) is 4.42 Å². The van der Waals surface area contributed by atoms with Gasteiger partial charge in [-0.05, 0) is 30.3 Å². The van der Waals surface area contributed by atoms with E-state index < -0.39 is 47.6 Å². The van der Waals surface area contributed by atoms with Gasteiger partial charge in [0.05, 0.1) is 16.8 Å². The molecule has 0 bridgehead atoms. The Hall–Kier alpha value is -3.44. The lowest BCUT2D eigenvalue weighted by atomic mass is 10.1. The van der Waals surface area contributed by atoms with E-state index in [0.717, 1.165) is 4.57 Å². The lowest BCUT2D eigenvalue weighted by Crippen LogP contribution is -2.22. The summed E-state index contributed by atoms with van der Waals surface area (Å²) in [5, 5.41) is 2.11. The van der Waals surface area contributed by atoms with Crippen molar-refractivity contribution in [1.29, 1.82) is 0 Å². The molecule has 0 spiro atoms. The van der Waals surface area contributed by atoms with Gasteiger partial charge in [-0.15, -0.1) is 0 Å². The summed E-state index contributed by atoms with van der Waals surface area (Å²) in [5.74, 6) is -2.15. The highest BCUT2D eigenvalue weighted by atomic mass is 19.4. The molecule has 1 amide bonds. The van der Waals surface area contributed by atoms with Gasteiger partial charge in [0.25, 0.3) is 0 Å². The molecular weight excluding hydrogens is 434 g/mol. The molecule has 0 radical (unpaired) electrons. The van der Waals surface area contributed by atoms with Crippen LogP contribution in [0.5, 0.6) is 5.75 Å². The van der Waals surface area contributed by atoms with Crippen molar-refractivity contribution in [3.8, 4) is 5.75 Å². The number of benzene rings is 2. The van der Waals surface area contributed by atoms with Crippen LogP contribution < -0.4 is 15.8 Å². The summed E-state index contributed by atoms with van der Waals surface area (Å²) in [4.78, 5) is 24.2. The van der Waals surface area contributed by atoms with Gasteiger partial charge >= 0.3 is 18.1 Å². The summed E-state index contributed by atoms with van der Waals surface area (Å²) in [6.07, 6.45) is -9.88. The lowest BCUT2D eigenvalue weighted by molar-refractivity contribution is -0.153. The van der Waals surface area contributed by atoms with Crippen molar-refractivity contribution < 1.29 is 40.3 Å². The van der Waals surface area contributed by atoms with Crippen LogP contribution in [0.25, 0.3) is 11.1 Å². The molecule has 3 rings (SSSR count). The van der Waals surface area contributed by atoms with Gasteiger partial charge in [0.2, 0.25) is 5.91 Å². The van der Waals surface area contributed by atoms with Crippen LogP contribution in [-0.4, -0.2) is 23.3 Å². The highest BCUT2D eigenvalue weighted by Gasteiger charge is 2.33. The van der Waals surface area contributed by atoms with E-state index in [9.17, 15) is 35.9 Å². The number of hydrogen-bond acceptors (Lipinski definition) is 4. The van der Waals surface area contributed by atoms with Gasteiger partial charge in [-0.2, -0.15) is 26.3 Å². The highest BCUT2D eigenvalue weighted by Crippen LogP contribution is 2.35. The zero-order valence-corrected chi connectivity index (χ0v) is 15.5. The fraction of sp³-hybridized carbons (Fsp3) is 0.263. The number of aromatic nitrogens is 1. The third-order valence-corrected chi connectivity index (χ3v) is 4.11. The molecule has 0 aliphatic heterocycles. The Morgan fingerprint density at radius 3 is 2.45 bits per heavy atom. The number of oxazole rings is 1. The average molecular weight is 448 g/mol. The van der Waals surface area contributed by atoms with Crippen molar-refractivity contribution >= 4 is 22.7 Å². The maximum atomic E-state index is 13.0. The highest BCUT2D eigenvalue weighted by molar-refractivity contribution is 5.92. The summed E-state index contributed by atoms with van der Waals surface area (Å²) in [6.45, 7) is -1.92. The predicted molar refractivity (Wildman–Crippen MR) is 96.7 cm³/mol. The number of hydrogen-bond donors (Lipinski definition) is 1. The molecule has 0 saturated heterocycles. The molecule has 0 fully saturated rings. The molecule has 1 N–H and O–H groups in total. The molecule has 0 saturated carbocycles. The molecule has 0 aliphatic carbocycles. The number of aryl methyl sites for hydroxylation is 1. The summed E-state index contributed by atoms with van der Waals surface area (Å²) < 4.78 is 86.8. The number of halogens is 6. The zero-order valence-electron chi connectivity index (χ0n) is 15.5. The molecule has 3 aromatic rings. The second-order valence-electron chi connectivity index (χ2n) is 6.40. The third kappa shape index (κ3) is 5.58. The maximum absolute atomic E-state index is 13.0. The minimum Gasteiger partial charge on any atom is -0.482 e. The van der Waals surface area contributed by atoms with Crippen LogP contribution in [0.3, 0.4) is 0 Å². The van der Waals surface area contributed by atoms with E-state index in [1.54, 1.807) is 24.3 Å². The molecular formula is C19H14F6N2O4. The van der Waals surface area contributed by atoms with Gasteiger partial charge in [-0.3, -0.25) is 9.36 Å². The number of carbonyl (C=O) groups is 1. The quantitative estimate of drug-likeness (QED) is 0.561. The first-order valence-electron chi connectivity index (χ1n) is 8.73. The molecule has 0 aliphatic rings. The van der Waals surface area contributed by atoms with Gasteiger partial charge in [-0.25, -0.2) is 4.79 Å². The molecule has 0 unspecified atom stereocenters. The standard InChI is InChI=1S/C19H14F6N2O4/c20-18(21,22)10-30-14-6-5-11(19(23,24)25)9-12(14)26-16(28)7-8-27-13-3-1-2-4-15(13)31-17(27)29/h1-6,9H,7-8,10H2,(H,26,28). The van der Waals surface area contributed by atoms with Crippen LogP contribution in [0, 0.1) is 0 Å². The smallest absolute Gasteiger partial charge is 0.422 e. The Morgan fingerprint density at radius 1 is 1.06 bits per heavy atom. The van der Waals surface area contributed by atoms with Gasteiger partial charge < -0.3 is 14.5 Å². The molecule has 166 valence electrons. The minimum atomic E-state index is -4.79. The van der Waals surface area contributed by atoms with Crippen molar-refractivity contribution in [2.75, 3.05) is 11.9 Å². The van der Waals surface area contributed by atoms with Crippen LogP contribution in [0.1, 0.15) is 12.0 Å². The van der Waals surface area contributed by atoms with Crippen LogP contribution >= 0.6 is 0 Å². The van der Waals surface area contributed by atoms with Crippen LogP contribution in [0.4, 0.5) is 32.0 Å². The monoisotopic (exact) mass is 448 g/mol. The van der Waals surface area contributed by atoms with Crippen molar-refractivity contribution in [1.82, 2.24) is 4.57 Å². The van der Waals surface area contributed by atoms with Crippen molar-refractivity contribution in [3.63, 3.8) is 0 Å². The van der Waals surface area contributed by atoms with Gasteiger partial charge in [0, 0.05) is 13.0 Å². The van der Waals surface area contributed by atoms with E-state index in [1.807, 2.05) is 0 Å². The second-order valence-corrected chi connectivity index (χ2v) is 6.40. The lowest BCUT2D eigenvalue weighted by Gasteiger charge is -2.16. The number of rotatable bonds is 6. The number of nitrogens with zero attached hydrogens (tertiary/aromatic N) is 1. The molecule has 1 aromatic heterocycles. The van der Waals surface area contributed by atoms with Crippen LogP contribution in [-0.2, 0) is 17.5 Å². The molecule has 6 nitrogen and oxygen atoms in total. The van der Waals surface area contributed by atoms with E-state index >= 15 is 0 Å². The number of nitrogens with one attached hydrogen (secondary N) is 1. The average Bonchev–Trinajstić information content (AvgIpc) is 2.99. The van der Waals surface area contributed by atoms with Crippen molar-refractivity contribution in [2.45, 2.75) is 25.3 Å². The fourth-order valence-corrected chi connectivity index (χ4v) is 2.74. The number of alkyl halides is 6. The number of carbonyl (C=O) groups excluding carboxylic acids is 1. The largest absolute Gasteiger partial charge is 0.482 e. The van der Waals surface area contributed by atoms with Crippen LogP contribution in [0.2, 0.25) is 0 Å². The van der Waals surface area contributed by atoms with Crippen molar-refractivity contribution in [3.05, 3.63) is 58.6 Å². The summed E-state index contributed by atoms with van der Waals surface area (Å²) in [5.41, 5.74) is -1.06. The van der Waals surface area contributed by atoms with Crippen molar-refractivity contribution in [2.24, 2.45) is 0 Å². The summed E-state index contributed by atoms with van der Waals surface area (Å²) >= 11 is 0. The fourth-order valence-electron chi connectivity index (χ4n) is 2.74. The van der Waals surface area contributed by atoms with E-state index in [2.05, 4.69) is 10.1 Å². The SMILES string of the molecule is O=C(CCn1c(=O)oc2ccccc21)Nc1cc(C(F)(F)F)ccc1OCC(F)(F)F. The summed E-state index contributed by atoms with van der Waals surface area (Å²) in [7, 11) is 0. The normalized spacial score (nSPS) is 12.2. The minimum absolute atomic E-state index is 0.167. The number of amides is 1. The first-order chi connectivity index (χ1) is 14.4. The van der Waals surface area contributed by atoms with Gasteiger partial charge in [-0.1, -0.05) is 12.1 Å². The molecule has 12 heteroatoms. The Kier molecular flexibility index (Phi) is 6.00. The molecule has 31 heavy (non-hydrogen) atoms. The Morgan fingerprint density at radius 2 is 1.77 bits per heavy atom. The predicted octanol–water partition coefficient (Wildman–Crippen LogP) is 4.58. The van der Waals surface area contributed by atoms with E-state index in [0.29, 0.717) is 23.7 Å².